The van der Waals surface area contributed by atoms with E-state index in [-0.39, 0.29) is 39.3 Å². The molecule has 3 aromatic rings. The number of hydrogen-bond acceptors (Lipinski definition) is 10. The number of nitrogens with one attached hydrogen (secondary N) is 4. The maximum atomic E-state index is 14.3. The molecule has 0 fully saturated rings. The minimum Gasteiger partial charge on any atom is -0.492 e. The Hall–Kier alpha value is -5.98. The molecule has 1 heterocycles. The molecule has 3 aromatic carbocycles. The van der Waals surface area contributed by atoms with Crippen molar-refractivity contribution in [1.29, 1.82) is 5.26 Å². The van der Waals surface area contributed by atoms with Crippen LogP contribution in [0.15, 0.2) is 54.6 Å². The highest BCUT2D eigenvalue weighted by Crippen LogP contribution is 2.40. The molecule has 4 rings (SSSR count). The predicted molar refractivity (Wildman–Crippen MR) is 229 cm³/mol. The molecule has 1 aliphatic heterocycles. The first kappa shape index (κ1) is 46.7. The van der Waals surface area contributed by atoms with Crippen LogP contribution in [0.1, 0.15) is 91.0 Å². The van der Waals surface area contributed by atoms with Crippen LogP contribution in [0.4, 0.5) is 0 Å². The number of fused-ring (bicyclic) bond motifs is 5. The second-order valence-electron chi connectivity index (χ2n) is 15.0. The van der Waals surface area contributed by atoms with Crippen LogP contribution in [0.5, 0.6) is 11.5 Å². The number of carbonyl (C=O) groups excluding carboxylic acids is 5. The summed E-state index contributed by atoms with van der Waals surface area (Å²) in [5.74, 6) is -2.14. The van der Waals surface area contributed by atoms with Crippen LogP contribution < -0.4 is 42.2 Å². The lowest BCUT2D eigenvalue weighted by molar-refractivity contribution is -0.139. The number of nitriles is 1. The van der Waals surface area contributed by atoms with Gasteiger partial charge in [-0.1, -0.05) is 63.3 Å². The number of benzene rings is 3. The van der Waals surface area contributed by atoms with Crippen LogP contribution in [-0.4, -0.2) is 93.0 Å². The van der Waals surface area contributed by atoms with E-state index >= 15 is 0 Å². The Morgan fingerprint density at radius 1 is 0.867 bits per heavy atom. The second-order valence-corrected chi connectivity index (χ2v) is 15.0. The molecule has 0 aliphatic carbocycles. The summed E-state index contributed by atoms with van der Waals surface area (Å²) in [7, 11) is 1.44. The standard InChI is InChI=1S/C45H60N8O7/c1-5-6-7-8-9-10-11-31-12-15-34(29(2)24-31)43(56)50-28-40(54)53(4)41-33-14-17-39(60-23-20-48)36(27-33)35-25-32(13-16-38(35)59-22-19-47)26-37(44(57)49-21-18-46)52-42(55)30(3)51-45(41)58/h12-17,24-25,27,30,37,41H,5-11,19-23,26,28,47-48H2,1-4H3,(H,49,57)(H,50,56)(H,51,58)(H,52,55)/t30-,37-,41-/m0/s1. The molecule has 15 nitrogen and oxygen atoms in total. The molecule has 322 valence electrons. The number of ether oxygens (including phenoxy) is 2. The zero-order valence-corrected chi connectivity index (χ0v) is 35.2. The largest absolute Gasteiger partial charge is 0.492 e. The summed E-state index contributed by atoms with van der Waals surface area (Å²) < 4.78 is 12.1. The van der Waals surface area contributed by atoms with Gasteiger partial charge < -0.3 is 47.1 Å². The Morgan fingerprint density at radius 2 is 1.53 bits per heavy atom. The van der Waals surface area contributed by atoms with Gasteiger partial charge in [-0.05, 0) is 79.3 Å². The molecule has 0 saturated heterocycles. The van der Waals surface area contributed by atoms with Gasteiger partial charge in [0.05, 0.1) is 12.6 Å². The van der Waals surface area contributed by atoms with Crippen molar-refractivity contribution in [2.24, 2.45) is 11.5 Å². The fourth-order valence-electron chi connectivity index (χ4n) is 7.10. The Balaban J connectivity index is 1.69. The third kappa shape index (κ3) is 13.0. The Kier molecular flexibility index (Phi) is 18.3. The lowest BCUT2D eigenvalue weighted by Crippen LogP contribution is -2.55. The van der Waals surface area contributed by atoms with Gasteiger partial charge in [0.15, 0.2) is 0 Å². The van der Waals surface area contributed by atoms with Crippen LogP contribution in [0.3, 0.4) is 0 Å². The van der Waals surface area contributed by atoms with Crippen LogP contribution in [0.2, 0.25) is 0 Å². The molecule has 0 unspecified atom stereocenters. The van der Waals surface area contributed by atoms with E-state index in [1.807, 2.05) is 25.1 Å². The van der Waals surface area contributed by atoms with E-state index in [9.17, 15) is 24.0 Å². The minimum atomic E-state index is -1.30. The fourth-order valence-corrected chi connectivity index (χ4v) is 7.10. The highest BCUT2D eigenvalue weighted by atomic mass is 16.5. The molecule has 3 atom stereocenters. The maximum Gasteiger partial charge on any atom is 0.251 e. The summed E-state index contributed by atoms with van der Waals surface area (Å²) in [5.41, 5.74) is 16.0. The zero-order valence-electron chi connectivity index (χ0n) is 35.2. The molecule has 15 heteroatoms. The van der Waals surface area contributed by atoms with E-state index in [2.05, 4.69) is 28.2 Å². The van der Waals surface area contributed by atoms with Gasteiger partial charge in [0, 0.05) is 43.2 Å². The second kappa shape index (κ2) is 23.6. The third-order valence-corrected chi connectivity index (χ3v) is 10.4. The minimum absolute atomic E-state index is 0.0287. The average molecular weight is 825 g/mol. The van der Waals surface area contributed by atoms with Crippen molar-refractivity contribution in [2.45, 2.75) is 90.3 Å². The number of rotatable bonds is 19. The summed E-state index contributed by atoms with van der Waals surface area (Å²) in [6, 6.07) is 14.3. The van der Waals surface area contributed by atoms with Crippen molar-refractivity contribution in [3.8, 4) is 28.7 Å². The van der Waals surface area contributed by atoms with Crippen molar-refractivity contribution in [1.82, 2.24) is 26.2 Å². The Morgan fingerprint density at radius 3 is 2.20 bits per heavy atom. The lowest BCUT2D eigenvalue weighted by Gasteiger charge is -2.30. The smallest absolute Gasteiger partial charge is 0.251 e. The number of nitrogens with two attached hydrogens (primary N) is 2. The van der Waals surface area contributed by atoms with Gasteiger partial charge in [-0.15, -0.1) is 0 Å². The van der Waals surface area contributed by atoms with Gasteiger partial charge >= 0.3 is 0 Å². The number of carbonyl (C=O) groups is 5. The van der Waals surface area contributed by atoms with Crippen LogP contribution in [0.25, 0.3) is 11.1 Å². The number of likely N-dealkylation sites (N-methyl/N-ethyl adjacent to an activating group) is 1. The number of amides is 5. The van der Waals surface area contributed by atoms with Crippen molar-refractivity contribution in [3.05, 3.63) is 82.4 Å². The molecule has 0 saturated carbocycles. The summed E-state index contributed by atoms with van der Waals surface area (Å²) in [6.45, 7) is 5.60. The summed E-state index contributed by atoms with van der Waals surface area (Å²) in [6.07, 6.45) is 8.12. The number of unbranched alkanes of at least 4 members (excludes halogenated alkanes) is 5. The normalized spacial score (nSPS) is 16.3. The highest BCUT2D eigenvalue weighted by Gasteiger charge is 2.33. The van der Waals surface area contributed by atoms with Gasteiger partial charge in [-0.3, -0.25) is 24.0 Å². The first-order valence-corrected chi connectivity index (χ1v) is 20.7. The lowest BCUT2D eigenvalue weighted by atomic mass is 9.93. The fraction of sp³-hybridized carbons (Fsp3) is 0.467. The zero-order chi connectivity index (χ0) is 43.6. The Labute approximate surface area is 352 Å². The molecular formula is C45H60N8O7. The van der Waals surface area contributed by atoms with E-state index in [1.165, 1.54) is 44.6 Å². The molecular weight excluding hydrogens is 765 g/mol. The molecule has 8 N–H and O–H groups in total. The van der Waals surface area contributed by atoms with Crippen molar-refractivity contribution >= 4 is 29.5 Å². The molecule has 0 aromatic heterocycles. The molecule has 4 bridgehead atoms. The van der Waals surface area contributed by atoms with Crippen LogP contribution in [0, 0.1) is 18.3 Å². The first-order valence-electron chi connectivity index (χ1n) is 20.7. The molecule has 1 aliphatic rings. The molecule has 60 heavy (non-hydrogen) atoms. The number of hydrogen-bond donors (Lipinski definition) is 6. The van der Waals surface area contributed by atoms with Gasteiger partial charge in [0.25, 0.3) is 5.91 Å². The first-order chi connectivity index (χ1) is 28.9. The average Bonchev–Trinajstić information content (AvgIpc) is 3.24. The number of aryl methyl sites for hydroxylation is 2. The van der Waals surface area contributed by atoms with E-state index in [1.54, 1.807) is 42.5 Å². The Bertz CT molecular complexity index is 2020. The van der Waals surface area contributed by atoms with Gasteiger partial charge in [0.2, 0.25) is 23.6 Å². The summed E-state index contributed by atoms with van der Waals surface area (Å²) in [4.78, 5) is 69.6. The van der Waals surface area contributed by atoms with Gasteiger partial charge in [-0.2, -0.15) is 5.26 Å². The summed E-state index contributed by atoms with van der Waals surface area (Å²) in [5, 5.41) is 19.7. The SMILES string of the molecule is CCCCCCCCc1ccc(C(=O)NCC(=O)N(C)[C@@H]2C(=O)N[C@@H](C)C(=O)N[C@H](C(=O)NCC#N)Cc3ccc(OCCN)c(c3)-c3cc2ccc3OCCN)c(C)c1. The monoisotopic (exact) mass is 824 g/mol. The predicted octanol–water partition coefficient (Wildman–Crippen LogP) is 3.35. The topological polar surface area (TPSA) is 231 Å². The van der Waals surface area contributed by atoms with Crippen molar-refractivity contribution in [3.63, 3.8) is 0 Å². The van der Waals surface area contributed by atoms with Gasteiger partial charge in [0.1, 0.15) is 49.4 Å². The maximum absolute atomic E-state index is 14.3. The molecule has 0 spiro atoms. The van der Waals surface area contributed by atoms with Crippen LogP contribution in [-0.2, 0) is 32.0 Å². The van der Waals surface area contributed by atoms with Gasteiger partial charge in [-0.25, -0.2) is 0 Å². The summed E-state index contributed by atoms with van der Waals surface area (Å²) >= 11 is 0. The van der Waals surface area contributed by atoms with Crippen molar-refractivity contribution < 1.29 is 33.4 Å². The van der Waals surface area contributed by atoms with Crippen molar-refractivity contribution in [2.75, 3.05) is 46.4 Å². The van der Waals surface area contributed by atoms with E-state index in [4.69, 9.17) is 26.2 Å². The third-order valence-electron chi connectivity index (χ3n) is 10.4. The molecule has 0 radical (unpaired) electrons. The number of nitrogens with zero attached hydrogens (tertiary/aromatic N) is 2. The van der Waals surface area contributed by atoms with Crippen LogP contribution >= 0.6 is 0 Å². The molecule has 5 amide bonds. The van der Waals surface area contributed by atoms with E-state index in [0.29, 0.717) is 39.3 Å². The van der Waals surface area contributed by atoms with E-state index in [0.717, 1.165) is 30.4 Å². The van der Waals surface area contributed by atoms with E-state index < -0.39 is 54.2 Å². The highest BCUT2D eigenvalue weighted by molar-refractivity contribution is 5.99. The quantitative estimate of drug-likeness (QED) is 0.0763.